The Labute approximate surface area is 163 Å². The Balaban J connectivity index is 1.60. The summed E-state index contributed by atoms with van der Waals surface area (Å²) in [5.41, 5.74) is 5.70. The number of ether oxygens (including phenoxy) is 1. The highest BCUT2D eigenvalue weighted by Crippen LogP contribution is 2.47. The third-order valence-electron chi connectivity index (χ3n) is 5.22. The number of nitrogens with zero attached hydrogens (tertiary/aromatic N) is 2. The maximum Gasteiger partial charge on any atom is 0.213 e. The second kappa shape index (κ2) is 6.43. The van der Waals surface area contributed by atoms with Crippen LogP contribution in [0.15, 0.2) is 77.9 Å². The molecule has 0 bridgehead atoms. The molecule has 0 unspecified atom stereocenters. The van der Waals surface area contributed by atoms with Crippen LogP contribution in [0, 0.1) is 6.92 Å². The number of hydrogen-bond acceptors (Lipinski definition) is 3. The van der Waals surface area contributed by atoms with Gasteiger partial charge in [0.25, 0.3) is 0 Å². The third-order valence-corrected chi connectivity index (χ3v) is 5.45. The second-order valence-corrected chi connectivity index (χ2v) is 7.51. The van der Waals surface area contributed by atoms with Crippen LogP contribution in [0.4, 0.5) is 0 Å². The summed E-state index contributed by atoms with van der Waals surface area (Å²) in [6.45, 7) is 2.10. The molecule has 3 aromatic rings. The van der Waals surface area contributed by atoms with Crippen LogP contribution in [0.2, 0.25) is 5.02 Å². The van der Waals surface area contributed by atoms with Gasteiger partial charge in [0.15, 0.2) is 0 Å². The predicted octanol–water partition coefficient (Wildman–Crippen LogP) is 5.89. The van der Waals surface area contributed by atoms with Crippen LogP contribution in [0.3, 0.4) is 0 Å². The second-order valence-electron chi connectivity index (χ2n) is 7.08. The van der Waals surface area contributed by atoms with Gasteiger partial charge in [-0.15, -0.1) is 0 Å². The normalized spacial score (nSPS) is 20.5. The van der Waals surface area contributed by atoms with E-state index in [4.69, 9.17) is 21.4 Å². The van der Waals surface area contributed by atoms with E-state index in [9.17, 15) is 0 Å². The fraction of sp³-hybridized carbons (Fsp3) is 0.174. The van der Waals surface area contributed by atoms with E-state index in [-0.39, 0.29) is 12.3 Å². The van der Waals surface area contributed by atoms with Crippen molar-refractivity contribution in [2.24, 2.45) is 5.10 Å². The molecule has 3 aromatic carbocycles. The predicted molar refractivity (Wildman–Crippen MR) is 108 cm³/mol. The summed E-state index contributed by atoms with van der Waals surface area (Å²) in [6, 6.07) is 24.8. The first-order chi connectivity index (χ1) is 13.2. The van der Waals surface area contributed by atoms with E-state index in [1.165, 1.54) is 11.1 Å². The largest absolute Gasteiger partial charge is 0.464 e. The molecule has 0 aliphatic carbocycles. The Bertz CT molecular complexity index is 1030. The zero-order valence-corrected chi connectivity index (χ0v) is 15.7. The van der Waals surface area contributed by atoms with Crippen LogP contribution in [0.1, 0.15) is 40.9 Å². The summed E-state index contributed by atoms with van der Waals surface area (Å²) in [5.74, 6) is 0.920. The van der Waals surface area contributed by atoms with Gasteiger partial charge >= 0.3 is 0 Å². The van der Waals surface area contributed by atoms with Crippen molar-refractivity contribution in [1.82, 2.24) is 5.01 Å². The molecule has 2 aliphatic rings. The van der Waals surface area contributed by atoms with Crippen LogP contribution >= 0.6 is 11.6 Å². The van der Waals surface area contributed by atoms with Gasteiger partial charge in [-0.25, -0.2) is 5.01 Å². The highest BCUT2D eigenvalue weighted by Gasteiger charge is 2.40. The van der Waals surface area contributed by atoms with E-state index < -0.39 is 0 Å². The number of aryl methyl sites for hydroxylation is 1. The number of hydrogen-bond donors (Lipinski definition) is 0. The minimum absolute atomic E-state index is 0.162. The number of hydrazone groups is 1. The molecule has 0 amide bonds. The standard InChI is InChI=1S/C23H19ClN2O/c1-15-9-11-16(12-10-15)20-14-21-19-7-2-3-8-22(19)27-23(26(21)25-20)17-5-4-6-18(24)13-17/h2-13,21,23H,14H2,1H3/t21-,23+/m1/s1. The van der Waals surface area contributed by atoms with E-state index in [0.717, 1.165) is 29.0 Å². The van der Waals surface area contributed by atoms with Gasteiger partial charge in [-0.1, -0.05) is 71.8 Å². The average molecular weight is 375 g/mol. The molecule has 4 heteroatoms. The molecule has 0 spiro atoms. The fourth-order valence-electron chi connectivity index (χ4n) is 3.83. The van der Waals surface area contributed by atoms with Gasteiger partial charge in [-0.05, 0) is 30.7 Å². The first-order valence-corrected chi connectivity index (χ1v) is 9.51. The minimum atomic E-state index is -0.286. The quantitative estimate of drug-likeness (QED) is 0.558. The maximum absolute atomic E-state index is 6.35. The van der Waals surface area contributed by atoms with Gasteiger partial charge in [-0.3, -0.25) is 0 Å². The first-order valence-electron chi connectivity index (χ1n) is 9.13. The third kappa shape index (κ3) is 2.88. The van der Waals surface area contributed by atoms with Crippen molar-refractivity contribution in [3.63, 3.8) is 0 Å². The lowest BCUT2D eigenvalue weighted by Gasteiger charge is -2.38. The van der Waals surface area contributed by atoms with Crippen molar-refractivity contribution in [2.75, 3.05) is 0 Å². The Kier molecular flexibility index (Phi) is 3.91. The topological polar surface area (TPSA) is 24.8 Å². The molecule has 27 heavy (non-hydrogen) atoms. The first kappa shape index (κ1) is 16.4. The van der Waals surface area contributed by atoms with Crippen LogP contribution in [0.25, 0.3) is 0 Å². The number of benzene rings is 3. The Morgan fingerprint density at radius 3 is 2.63 bits per heavy atom. The zero-order valence-electron chi connectivity index (χ0n) is 15.0. The summed E-state index contributed by atoms with van der Waals surface area (Å²) in [6.07, 6.45) is 0.576. The van der Waals surface area contributed by atoms with E-state index >= 15 is 0 Å². The molecule has 2 aliphatic heterocycles. The summed E-state index contributed by atoms with van der Waals surface area (Å²) in [7, 11) is 0. The lowest BCUT2D eigenvalue weighted by Crippen LogP contribution is -2.33. The van der Waals surface area contributed by atoms with E-state index in [1.54, 1.807) is 0 Å². The van der Waals surface area contributed by atoms with Crippen molar-refractivity contribution >= 4 is 17.3 Å². The Hall–Kier alpha value is -2.78. The van der Waals surface area contributed by atoms with Crippen molar-refractivity contribution < 1.29 is 4.74 Å². The molecule has 0 radical (unpaired) electrons. The zero-order chi connectivity index (χ0) is 18.4. The smallest absolute Gasteiger partial charge is 0.213 e. The summed E-state index contributed by atoms with van der Waals surface area (Å²) >= 11 is 6.24. The lowest BCUT2D eigenvalue weighted by atomic mass is 9.95. The van der Waals surface area contributed by atoms with Gasteiger partial charge in [0.2, 0.25) is 6.23 Å². The molecule has 2 heterocycles. The van der Waals surface area contributed by atoms with Crippen LogP contribution in [-0.4, -0.2) is 10.7 Å². The highest BCUT2D eigenvalue weighted by atomic mass is 35.5. The Morgan fingerprint density at radius 1 is 1.00 bits per heavy atom. The fourth-order valence-corrected chi connectivity index (χ4v) is 4.03. The minimum Gasteiger partial charge on any atom is -0.464 e. The molecule has 134 valence electrons. The van der Waals surface area contributed by atoms with E-state index in [1.807, 2.05) is 36.4 Å². The number of rotatable bonds is 2. The van der Waals surface area contributed by atoms with E-state index in [2.05, 4.69) is 48.3 Å². The average Bonchev–Trinajstić information content (AvgIpc) is 3.13. The maximum atomic E-state index is 6.35. The number of fused-ring (bicyclic) bond motifs is 3. The van der Waals surface area contributed by atoms with Crippen LogP contribution in [0.5, 0.6) is 5.75 Å². The molecule has 5 rings (SSSR count). The molecule has 0 fully saturated rings. The van der Waals surface area contributed by atoms with Crippen LogP contribution < -0.4 is 4.74 Å². The van der Waals surface area contributed by atoms with Gasteiger partial charge in [-0.2, -0.15) is 5.10 Å². The highest BCUT2D eigenvalue weighted by molar-refractivity contribution is 6.30. The molecule has 2 atom stereocenters. The Morgan fingerprint density at radius 2 is 1.81 bits per heavy atom. The summed E-state index contributed by atoms with van der Waals surface area (Å²) in [5, 5.41) is 7.77. The molecular formula is C23H19ClN2O. The molecule has 0 aromatic heterocycles. The molecule has 3 nitrogen and oxygen atoms in total. The monoisotopic (exact) mass is 374 g/mol. The molecule has 0 saturated heterocycles. The summed E-state index contributed by atoms with van der Waals surface area (Å²) in [4.78, 5) is 0. The van der Waals surface area contributed by atoms with E-state index in [0.29, 0.717) is 5.02 Å². The van der Waals surface area contributed by atoms with Gasteiger partial charge < -0.3 is 4.74 Å². The van der Waals surface area contributed by atoms with Crippen molar-refractivity contribution in [1.29, 1.82) is 0 Å². The van der Waals surface area contributed by atoms with Crippen molar-refractivity contribution in [2.45, 2.75) is 25.6 Å². The number of halogens is 1. The molecule has 0 saturated carbocycles. The van der Waals surface area contributed by atoms with Crippen LogP contribution in [-0.2, 0) is 0 Å². The molecule has 0 N–H and O–H groups in total. The van der Waals surface area contributed by atoms with Crippen molar-refractivity contribution in [3.8, 4) is 5.75 Å². The number of para-hydroxylation sites is 1. The SMILES string of the molecule is Cc1ccc(C2=NN3[C@H](C2)c2ccccc2O[C@H]3c2cccc(Cl)c2)cc1. The van der Waals surface area contributed by atoms with Crippen molar-refractivity contribution in [3.05, 3.63) is 100 Å². The summed E-state index contributed by atoms with van der Waals surface area (Å²) < 4.78 is 6.35. The van der Waals surface area contributed by atoms with Gasteiger partial charge in [0, 0.05) is 22.6 Å². The van der Waals surface area contributed by atoms with Gasteiger partial charge in [0.1, 0.15) is 5.75 Å². The molecular weight excluding hydrogens is 356 g/mol. The lowest BCUT2D eigenvalue weighted by molar-refractivity contribution is -0.0190. The van der Waals surface area contributed by atoms with Gasteiger partial charge in [0.05, 0.1) is 11.8 Å².